The molecule has 1 aliphatic rings. The van der Waals surface area contributed by atoms with Crippen LogP contribution >= 0.6 is 22.6 Å². The Hall–Kier alpha value is -0.840. The van der Waals surface area contributed by atoms with Crippen molar-refractivity contribution >= 4 is 39.2 Å². The van der Waals surface area contributed by atoms with E-state index in [1.54, 1.807) is 0 Å². The summed E-state index contributed by atoms with van der Waals surface area (Å²) in [6.45, 7) is 2.14. The van der Waals surface area contributed by atoms with Gasteiger partial charge in [0.15, 0.2) is 0 Å². The smallest absolute Gasteiger partial charge is 0.0766 e. The number of rotatable bonds is 2. The van der Waals surface area contributed by atoms with Gasteiger partial charge in [0, 0.05) is 33.3 Å². The minimum absolute atomic E-state index is 0.698. The monoisotopic (exact) mass is 338 g/mol. The molecule has 1 fully saturated rings. The Bertz CT molecular complexity index is 588. The Morgan fingerprint density at radius 3 is 2.76 bits per heavy atom. The molecule has 3 heteroatoms. The van der Waals surface area contributed by atoms with Crippen molar-refractivity contribution in [2.45, 2.75) is 25.7 Å². The summed E-state index contributed by atoms with van der Waals surface area (Å²) in [6, 6.07) is 6.55. The zero-order valence-corrected chi connectivity index (χ0v) is 12.2. The van der Waals surface area contributed by atoms with Crippen LogP contribution in [0.3, 0.4) is 0 Å². The van der Waals surface area contributed by atoms with Crippen LogP contribution in [0.2, 0.25) is 0 Å². The normalized spacial score (nSPS) is 15.2. The number of aryl methyl sites for hydroxylation is 1. The molecule has 1 heterocycles. The minimum atomic E-state index is 0.698. The van der Waals surface area contributed by atoms with Gasteiger partial charge in [0.1, 0.15) is 0 Å². The number of hydrogen-bond acceptors (Lipinski definition) is 2. The molecule has 0 saturated heterocycles. The first-order valence-corrected chi connectivity index (χ1v) is 7.06. The Labute approximate surface area is 115 Å². The topological polar surface area (TPSA) is 24.9 Å². The average Bonchev–Trinajstić information content (AvgIpc) is 3.16. The molecule has 88 valence electrons. The van der Waals surface area contributed by atoms with E-state index >= 15 is 0 Å². The van der Waals surface area contributed by atoms with Gasteiger partial charge >= 0.3 is 0 Å². The summed E-state index contributed by atoms with van der Waals surface area (Å²) in [7, 11) is 1.99. The number of halogens is 1. The number of hydrogen-bond donors (Lipinski definition) is 1. The van der Waals surface area contributed by atoms with Crippen molar-refractivity contribution in [1.82, 2.24) is 4.98 Å². The summed E-state index contributed by atoms with van der Waals surface area (Å²) >= 11 is 2.39. The van der Waals surface area contributed by atoms with Crippen molar-refractivity contribution in [2.75, 3.05) is 12.4 Å². The fourth-order valence-corrected chi connectivity index (χ4v) is 2.96. The molecule has 0 bridgehead atoms. The standard InChI is InChI=1S/C14H15IN2/c1-8-3-6-10(15)13-12(16-2)7-11(9-4-5-9)17-14(8)13/h3,6-7,9H,4-5H2,1-2H3,(H,16,17). The molecule has 3 rings (SSSR count). The number of pyridine rings is 1. The Kier molecular flexibility index (Phi) is 2.73. The lowest BCUT2D eigenvalue weighted by Crippen LogP contribution is -1.98. The summed E-state index contributed by atoms with van der Waals surface area (Å²) in [5.74, 6) is 0.698. The van der Waals surface area contributed by atoms with E-state index in [1.165, 1.54) is 38.7 Å². The van der Waals surface area contributed by atoms with Crippen LogP contribution in [0.15, 0.2) is 18.2 Å². The fraction of sp³-hybridized carbons (Fsp3) is 0.357. The number of nitrogens with one attached hydrogen (secondary N) is 1. The lowest BCUT2D eigenvalue weighted by Gasteiger charge is -2.12. The molecule has 17 heavy (non-hydrogen) atoms. The first kappa shape index (κ1) is 11.3. The molecule has 0 radical (unpaired) electrons. The second kappa shape index (κ2) is 4.12. The lowest BCUT2D eigenvalue weighted by molar-refractivity contribution is 1.04. The van der Waals surface area contributed by atoms with E-state index in [4.69, 9.17) is 4.98 Å². The molecule has 1 saturated carbocycles. The summed E-state index contributed by atoms with van der Waals surface area (Å²) in [5.41, 5.74) is 4.89. The van der Waals surface area contributed by atoms with Gasteiger partial charge in [-0.2, -0.15) is 0 Å². The largest absolute Gasteiger partial charge is 0.387 e. The molecule has 0 spiro atoms. The van der Waals surface area contributed by atoms with Crippen molar-refractivity contribution in [3.05, 3.63) is 33.0 Å². The van der Waals surface area contributed by atoms with Crippen LogP contribution in [0.5, 0.6) is 0 Å². The molecule has 1 N–H and O–H groups in total. The highest BCUT2D eigenvalue weighted by atomic mass is 127. The first-order valence-electron chi connectivity index (χ1n) is 5.98. The van der Waals surface area contributed by atoms with Gasteiger partial charge in [-0.15, -0.1) is 0 Å². The van der Waals surface area contributed by atoms with Crippen LogP contribution < -0.4 is 5.32 Å². The van der Waals surface area contributed by atoms with Crippen molar-refractivity contribution in [3.63, 3.8) is 0 Å². The fourth-order valence-electron chi connectivity index (χ4n) is 2.24. The highest BCUT2D eigenvalue weighted by Crippen LogP contribution is 2.41. The van der Waals surface area contributed by atoms with E-state index in [2.05, 4.69) is 53.0 Å². The molecular formula is C14H15IN2. The van der Waals surface area contributed by atoms with Crippen LogP contribution in [0.4, 0.5) is 5.69 Å². The first-order chi connectivity index (χ1) is 8.20. The van der Waals surface area contributed by atoms with Gasteiger partial charge in [0.25, 0.3) is 0 Å². The van der Waals surface area contributed by atoms with E-state index in [-0.39, 0.29) is 0 Å². The maximum atomic E-state index is 4.86. The van der Waals surface area contributed by atoms with E-state index in [0.29, 0.717) is 5.92 Å². The second-order valence-corrected chi connectivity index (χ2v) is 5.87. The zero-order chi connectivity index (χ0) is 12.0. The second-order valence-electron chi connectivity index (χ2n) is 4.71. The summed E-state index contributed by atoms with van der Waals surface area (Å²) in [5, 5.41) is 4.58. The maximum absolute atomic E-state index is 4.86. The molecule has 0 atom stereocenters. The van der Waals surface area contributed by atoms with E-state index in [9.17, 15) is 0 Å². The van der Waals surface area contributed by atoms with E-state index < -0.39 is 0 Å². The molecular weight excluding hydrogens is 323 g/mol. The highest BCUT2D eigenvalue weighted by molar-refractivity contribution is 14.1. The summed E-state index contributed by atoms with van der Waals surface area (Å²) < 4.78 is 1.27. The van der Waals surface area contributed by atoms with Crippen LogP contribution in [0.25, 0.3) is 10.9 Å². The minimum Gasteiger partial charge on any atom is -0.387 e. The van der Waals surface area contributed by atoms with Crippen LogP contribution in [-0.4, -0.2) is 12.0 Å². The molecule has 1 aromatic heterocycles. The molecule has 2 aromatic rings. The summed E-state index contributed by atoms with van der Waals surface area (Å²) in [6.07, 6.45) is 2.59. The quantitative estimate of drug-likeness (QED) is 0.835. The Morgan fingerprint density at radius 2 is 2.12 bits per heavy atom. The third-order valence-electron chi connectivity index (χ3n) is 3.40. The van der Waals surface area contributed by atoms with Crippen molar-refractivity contribution < 1.29 is 0 Å². The highest BCUT2D eigenvalue weighted by Gasteiger charge is 2.26. The maximum Gasteiger partial charge on any atom is 0.0766 e. The number of anilines is 1. The van der Waals surface area contributed by atoms with Crippen LogP contribution in [0.1, 0.15) is 30.0 Å². The van der Waals surface area contributed by atoms with Crippen molar-refractivity contribution in [1.29, 1.82) is 0 Å². The Morgan fingerprint density at radius 1 is 1.35 bits per heavy atom. The molecule has 1 aliphatic carbocycles. The van der Waals surface area contributed by atoms with Crippen LogP contribution in [0, 0.1) is 10.5 Å². The average molecular weight is 338 g/mol. The molecule has 0 unspecified atom stereocenters. The van der Waals surface area contributed by atoms with Crippen molar-refractivity contribution in [2.24, 2.45) is 0 Å². The Balaban J connectivity index is 2.35. The van der Waals surface area contributed by atoms with Gasteiger partial charge < -0.3 is 5.32 Å². The van der Waals surface area contributed by atoms with Gasteiger partial charge in [-0.1, -0.05) is 6.07 Å². The number of fused-ring (bicyclic) bond motifs is 1. The van der Waals surface area contributed by atoms with E-state index in [0.717, 1.165) is 5.52 Å². The molecule has 1 aromatic carbocycles. The van der Waals surface area contributed by atoms with Gasteiger partial charge in [-0.05, 0) is 60.1 Å². The predicted molar refractivity (Wildman–Crippen MR) is 80.7 cm³/mol. The third-order valence-corrected chi connectivity index (χ3v) is 4.30. The number of aromatic nitrogens is 1. The van der Waals surface area contributed by atoms with Gasteiger partial charge in [-0.25, -0.2) is 0 Å². The van der Waals surface area contributed by atoms with Gasteiger partial charge in [-0.3, -0.25) is 4.98 Å². The number of benzene rings is 1. The molecule has 2 nitrogen and oxygen atoms in total. The predicted octanol–water partition coefficient (Wildman–Crippen LogP) is 4.07. The lowest BCUT2D eigenvalue weighted by atomic mass is 10.1. The third kappa shape index (κ3) is 1.90. The van der Waals surface area contributed by atoms with Gasteiger partial charge in [0.05, 0.1) is 5.52 Å². The van der Waals surface area contributed by atoms with E-state index in [1.807, 2.05) is 7.05 Å². The zero-order valence-electron chi connectivity index (χ0n) is 10.0. The SMILES string of the molecule is CNc1cc(C2CC2)nc2c(C)ccc(I)c12. The molecule has 0 aliphatic heterocycles. The number of nitrogens with zero attached hydrogens (tertiary/aromatic N) is 1. The molecule has 0 amide bonds. The van der Waals surface area contributed by atoms with Crippen molar-refractivity contribution in [3.8, 4) is 0 Å². The van der Waals surface area contributed by atoms with Gasteiger partial charge in [0.2, 0.25) is 0 Å². The summed E-state index contributed by atoms with van der Waals surface area (Å²) in [4.78, 5) is 4.86. The van der Waals surface area contributed by atoms with Crippen LogP contribution in [-0.2, 0) is 0 Å².